The normalized spacial score (nSPS) is 11.2. The van der Waals surface area contributed by atoms with Gasteiger partial charge in [-0.15, -0.1) is 0 Å². The Hall–Kier alpha value is -3.02. The second-order valence-electron chi connectivity index (χ2n) is 6.57. The van der Waals surface area contributed by atoms with Crippen LogP contribution in [-0.4, -0.2) is 25.0 Å². The summed E-state index contributed by atoms with van der Waals surface area (Å²) in [5, 5.41) is 6.61. The first-order valence-electron chi connectivity index (χ1n) is 9.66. The average Bonchev–Trinajstić information content (AvgIpc) is 2.69. The monoisotopic (exact) mass is 382 g/mol. The van der Waals surface area contributed by atoms with Gasteiger partial charge in [0.05, 0.1) is 13.2 Å². The number of nitrogens with one attached hydrogen (secondary N) is 2. The summed E-state index contributed by atoms with van der Waals surface area (Å²) in [6.07, 6.45) is 0.972. The fourth-order valence-electron chi connectivity index (χ4n) is 2.62. The van der Waals surface area contributed by atoms with E-state index in [1.54, 1.807) is 12.1 Å². The van der Waals surface area contributed by atoms with Crippen LogP contribution in [0.2, 0.25) is 0 Å². The van der Waals surface area contributed by atoms with Crippen molar-refractivity contribution in [2.24, 2.45) is 10.7 Å². The zero-order valence-corrected chi connectivity index (χ0v) is 16.9. The van der Waals surface area contributed by atoms with Crippen molar-refractivity contribution in [1.82, 2.24) is 10.6 Å². The number of hydrogen-bond donors (Lipinski definition) is 3. The summed E-state index contributed by atoms with van der Waals surface area (Å²) >= 11 is 0. The SMILES string of the molecule is CCCOc1cc(C)ccc1CNC(=NCc1ccc(C(N)=O)cc1)NCC. The van der Waals surface area contributed by atoms with Gasteiger partial charge in [0.15, 0.2) is 5.96 Å². The largest absolute Gasteiger partial charge is 0.493 e. The molecular weight excluding hydrogens is 352 g/mol. The molecule has 1 amide bonds. The van der Waals surface area contributed by atoms with Gasteiger partial charge in [0.1, 0.15) is 5.75 Å². The number of carbonyl (C=O) groups is 1. The molecule has 0 aromatic heterocycles. The number of nitrogens with zero attached hydrogens (tertiary/aromatic N) is 1. The Morgan fingerprint density at radius 3 is 2.50 bits per heavy atom. The Bertz CT molecular complexity index is 801. The molecule has 0 fully saturated rings. The number of rotatable bonds is 9. The number of aliphatic imine (C=N–C) groups is 1. The zero-order valence-electron chi connectivity index (χ0n) is 16.9. The van der Waals surface area contributed by atoms with Crippen molar-refractivity contribution >= 4 is 11.9 Å². The lowest BCUT2D eigenvalue weighted by atomic mass is 10.1. The number of ether oxygens (including phenoxy) is 1. The van der Waals surface area contributed by atoms with Crippen molar-refractivity contribution < 1.29 is 9.53 Å². The molecule has 6 heteroatoms. The number of hydrogen-bond acceptors (Lipinski definition) is 3. The second-order valence-corrected chi connectivity index (χ2v) is 6.57. The molecule has 150 valence electrons. The van der Waals surface area contributed by atoms with Crippen LogP contribution in [0.5, 0.6) is 5.75 Å². The van der Waals surface area contributed by atoms with Crippen LogP contribution in [0.3, 0.4) is 0 Å². The summed E-state index contributed by atoms with van der Waals surface area (Å²) in [5.74, 6) is 1.21. The molecule has 0 heterocycles. The molecule has 0 radical (unpaired) electrons. The molecule has 0 unspecified atom stereocenters. The predicted molar refractivity (Wildman–Crippen MR) is 114 cm³/mol. The zero-order chi connectivity index (χ0) is 20.4. The predicted octanol–water partition coefficient (Wildman–Crippen LogP) is 3.14. The van der Waals surface area contributed by atoms with Crippen LogP contribution in [0.15, 0.2) is 47.5 Å². The van der Waals surface area contributed by atoms with Crippen molar-refractivity contribution in [2.45, 2.75) is 40.3 Å². The molecule has 0 spiro atoms. The molecule has 28 heavy (non-hydrogen) atoms. The van der Waals surface area contributed by atoms with E-state index in [2.05, 4.69) is 47.7 Å². The van der Waals surface area contributed by atoms with Crippen LogP contribution in [-0.2, 0) is 13.1 Å². The van der Waals surface area contributed by atoms with Crippen LogP contribution < -0.4 is 21.1 Å². The van der Waals surface area contributed by atoms with E-state index in [0.29, 0.717) is 25.3 Å². The summed E-state index contributed by atoms with van der Waals surface area (Å²) in [5.41, 5.74) is 9.05. The van der Waals surface area contributed by atoms with E-state index in [9.17, 15) is 4.79 Å². The first kappa shape index (κ1) is 21.3. The molecule has 0 aliphatic rings. The van der Waals surface area contributed by atoms with Crippen molar-refractivity contribution in [2.75, 3.05) is 13.2 Å². The van der Waals surface area contributed by atoms with Gasteiger partial charge in [0.25, 0.3) is 0 Å². The summed E-state index contributed by atoms with van der Waals surface area (Å²) in [6.45, 7) is 8.77. The highest BCUT2D eigenvalue weighted by atomic mass is 16.5. The number of benzene rings is 2. The molecule has 2 rings (SSSR count). The van der Waals surface area contributed by atoms with Gasteiger partial charge < -0.3 is 21.1 Å². The minimum Gasteiger partial charge on any atom is -0.493 e. The van der Waals surface area contributed by atoms with E-state index in [-0.39, 0.29) is 0 Å². The third-order valence-electron chi connectivity index (χ3n) is 4.13. The van der Waals surface area contributed by atoms with Gasteiger partial charge in [0.2, 0.25) is 5.91 Å². The molecule has 2 aromatic rings. The van der Waals surface area contributed by atoms with Crippen LogP contribution in [0.1, 0.15) is 47.3 Å². The van der Waals surface area contributed by atoms with Crippen molar-refractivity contribution in [1.29, 1.82) is 0 Å². The third kappa shape index (κ3) is 6.61. The molecule has 0 atom stereocenters. The Morgan fingerprint density at radius 2 is 1.86 bits per heavy atom. The number of primary amides is 1. The van der Waals surface area contributed by atoms with E-state index >= 15 is 0 Å². The maximum Gasteiger partial charge on any atom is 0.248 e. The Morgan fingerprint density at radius 1 is 1.11 bits per heavy atom. The highest BCUT2D eigenvalue weighted by Crippen LogP contribution is 2.20. The van der Waals surface area contributed by atoms with Gasteiger partial charge in [-0.2, -0.15) is 0 Å². The summed E-state index contributed by atoms with van der Waals surface area (Å²) in [4.78, 5) is 15.8. The van der Waals surface area contributed by atoms with Gasteiger partial charge in [-0.3, -0.25) is 4.79 Å². The topological polar surface area (TPSA) is 88.7 Å². The molecule has 4 N–H and O–H groups in total. The standard InChI is InChI=1S/C22H30N4O2/c1-4-12-28-20-13-16(3)6-9-19(20)15-26-22(24-5-2)25-14-17-7-10-18(11-8-17)21(23)27/h6-11,13H,4-5,12,14-15H2,1-3H3,(H2,23,27)(H2,24,25,26). The fraction of sp³-hybridized carbons (Fsp3) is 0.364. The Kier molecular flexibility index (Phi) is 8.34. The van der Waals surface area contributed by atoms with Gasteiger partial charge in [-0.25, -0.2) is 4.99 Å². The van der Waals surface area contributed by atoms with Crippen molar-refractivity contribution in [3.63, 3.8) is 0 Å². The molecule has 2 aromatic carbocycles. The number of aryl methyl sites for hydroxylation is 1. The second kappa shape index (κ2) is 11.0. The summed E-state index contributed by atoms with van der Waals surface area (Å²) in [6, 6.07) is 13.4. The lowest BCUT2D eigenvalue weighted by Crippen LogP contribution is -2.36. The van der Waals surface area contributed by atoms with Gasteiger partial charge in [-0.1, -0.05) is 31.2 Å². The van der Waals surface area contributed by atoms with E-state index in [1.807, 2.05) is 19.1 Å². The average molecular weight is 383 g/mol. The Labute approximate surface area is 167 Å². The summed E-state index contributed by atoms with van der Waals surface area (Å²) < 4.78 is 5.88. The maximum atomic E-state index is 11.2. The number of amides is 1. The molecular formula is C22H30N4O2. The van der Waals surface area contributed by atoms with Gasteiger partial charge in [0, 0.05) is 24.2 Å². The van der Waals surface area contributed by atoms with Crippen LogP contribution in [0, 0.1) is 6.92 Å². The summed E-state index contributed by atoms with van der Waals surface area (Å²) in [7, 11) is 0. The van der Waals surface area contributed by atoms with Gasteiger partial charge in [-0.05, 0) is 49.6 Å². The minimum absolute atomic E-state index is 0.427. The van der Waals surface area contributed by atoms with E-state index in [4.69, 9.17) is 10.5 Å². The fourth-order valence-corrected chi connectivity index (χ4v) is 2.62. The molecule has 0 aliphatic carbocycles. The van der Waals surface area contributed by atoms with Gasteiger partial charge >= 0.3 is 0 Å². The first-order chi connectivity index (χ1) is 13.5. The quantitative estimate of drug-likeness (QED) is 0.459. The highest BCUT2D eigenvalue weighted by molar-refractivity contribution is 5.92. The number of nitrogens with two attached hydrogens (primary N) is 1. The first-order valence-corrected chi connectivity index (χ1v) is 9.66. The molecule has 6 nitrogen and oxygen atoms in total. The molecule has 0 bridgehead atoms. The van der Waals surface area contributed by atoms with Crippen LogP contribution in [0.25, 0.3) is 0 Å². The third-order valence-corrected chi connectivity index (χ3v) is 4.13. The molecule has 0 saturated heterocycles. The number of carbonyl (C=O) groups excluding carboxylic acids is 1. The van der Waals surface area contributed by atoms with Crippen LogP contribution in [0.4, 0.5) is 0 Å². The van der Waals surface area contributed by atoms with E-state index in [0.717, 1.165) is 35.8 Å². The van der Waals surface area contributed by atoms with E-state index < -0.39 is 5.91 Å². The number of guanidine groups is 1. The highest BCUT2D eigenvalue weighted by Gasteiger charge is 2.06. The van der Waals surface area contributed by atoms with E-state index in [1.165, 1.54) is 5.56 Å². The molecule has 0 aliphatic heterocycles. The minimum atomic E-state index is -0.427. The van der Waals surface area contributed by atoms with Crippen molar-refractivity contribution in [3.8, 4) is 5.75 Å². The van der Waals surface area contributed by atoms with Crippen LogP contribution >= 0.6 is 0 Å². The Balaban J connectivity index is 2.04. The van der Waals surface area contributed by atoms with Crippen molar-refractivity contribution in [3.05, 3.63) is 64.7 Å². The lowest BCUT2D eigenvalue weighted by molar-refractivity contribution is 0.100. The maximum absolute atomic E-state index is 11.2. The molecule has 0 saturated carbocycles. The smallest absolute Gasteiger partial charge is 0.248 e. The lowest BCUT2D eigenvalue weighted by Gasteiger charge is -2.15.